The van der Waals surface area contributed by atoms with E-state index in [4.69, 9.17) is 5.73 Å². The number of ether oxygens (including phenoxy) is 1. The molecule has 0 fully saturated rings. The SMILES string of the molecule is Nc1cc(F)ccc1C(=O)OCC(=O)NCC(F)(F)F. The molecule has 0 aliphatic heterocycles. The number of amides is 1. The van der Waals surface area contributed by atoms with Gasteiger partial charge in [-0.15, -0.1) is 0 Å². The number of nitrogens with two attached hydrogens (primary N) is 1. The van der Waals surface area contributed by atoms with Crippen molar-refractivity contribution in [3.8, 4) is 0 Å². The molecule has 0 saturated carbocycles. The normalized spacial score (nSPS) is 11.0. The summed E-state index contributed by atoms with van der Waals surface area (Å²) in [6.45, 7) is -2.42. The van der Waals surface area contributed by atoms with Crippen molar-refractivity contribution in [1.82, 2.24) is 5.32 Å². The zero-order chi connectivity index (χ0) is 15.3. The van der Waals surface area contributed by atoms with Crippen LogP contribution in [-0.2, 0) is 9.53 Å². The van der Waals surface area contributed by atoms with Crippen LogP contribution in [0.1, 0.15) is 10.4 Å². The van der Waals surface area contributed by atoms with Crippen molar-refractivity contribution in [3.05, 3.63) is 29.6 Å². The number of alkyl halides is 3. The van der Waals surface area contributed by atoms with E-state index in [9.17, 15) is 27.2 Å². The molecule has 0 heterocycles. The second-order valence-corrected chi connectivity index (χ2v) is 3.70. The molecule has 0 bridgehead atoms. The van der Waals surface area contributed by atoms with Crippen LogP contribution in [0.5, 0.6) is 0 Å². The van der Waals surface area contributed by atoms with Gasteiger partial charge in [0.1, 0.15) is 12.4 Å². The van der Waals surface area contributed by atoms with E-state index in [-0.39, 0.29) is 11.3 Å². The first-order valence-electron chi connectivity index (χ1n) is 5.24. The van der Waals surface area contributed by atoms with E-state index in [2.05, 4.69) is 4.74 Å². The summed E-state index contributed by atoms with van der Waals surface area (Å²) in [5.74, 6) is -2.82. The molecule has 9 heteroatoms. The zero-order valence-corrected chi connectivity index (χ0v) is 9.96. The number of esters is 1. The summed E-state index contributed by atoms with van der Waals surface area (Å²) in [4.78, 5) is 22.4. The number of nitrogen functional groups attached to an aromatic ring is 1. The maximum Gasteiger partial charge on any atom is 0.405 e. The van der Waals surface area contributed by atoms with E-state index in [1.807, 2.05) is 0 Å². The molecular weight excluding hydrogens is 284 g/mol. The van der Waals surface area contributed by atoms with Crippen LogP contribution >= 0.6 is 0 Å². The molecule has 1 rings (SSSR count). The molecule has 0 atom stereocenters. The van der Waals surface area contributed by atoms with Crippen molar-refractivity contribution in [2.75, 3.05) is 18.9 Å². The van der Waals surface area contributed by atoms with Crippen molar-refractivity contribution >= 4 is 17.6 Å². The first-order chi connectivity index (χ1) is 9.19. The van der Waals surface area contributed by atoms with Gasteiger partial charge in [0.2, 0.25) is 0 Å². The van der Waals surface area contributed by atoms with Crippen LogP contribution in [-0.4, -0.2) is 31.2 Å². The summed E-state index contributed by atoms with van der Waals surface area (Å²) in [6.07, 6.45) is -4.55. The molecule has 0 aromatic heterocycles. The monoisotopic (exact) mass is 294 g/mol. The third kappa shape index (κ3) is 5.12. The molecule has 0 saturated heterocycles. The van der Waals surface area contributed by atoms with Crippen LogP contribution in [0.25, 0.3) is 0 Å². The lowest BCUT2D eigenvalue weighted by Gasteiger charge is -2.09. The molecule has 0 aliphatic carbocycles. The highest BCUT2D eigenvalue weighted by Crippen LogP contribution is 2.14. The minimum Gasteiger partial charge on any atom is -0.452 e. The number of benzene rings is 1. The van der Waals surface area contributed by atoms with Crippen molar-refractivity contribution in [1.29, 1.82) is 0 Å². The summed E-state index contributed by atoms with van der Waals surface area (Å²) < 4.78 is 52.6. The summed E-state index contributed by atoms with van der Waals surface area (Å²) in [6, 6.07) is 2.87. The van der Waals surface area contributed by atoms with Gasteiger partial charge >= 0.3 is 12.1 Å². The fraction of sp³-hybridized carbons (Fsp3) is 0.273. The largest absolute Gasteiger partial charge is 0.452 e. The minimum atomic E-state index is -4.55. The fourth-order valence-electron chi connectivity index (χ4n) is 1.18. The van der Waals surface area contributed by atoms with Gasteiger partial charge in [0.05, 0.1) is 5.56 Å². The molecule has 0 spiro atoms. The quantitative estimate of drug-likeness (QED) is 0.497. The van der Waals surface area contributed by atoms with Gasteiger partial charge in [-0.1, -0.05) is 0 Å². The molecule has 5 nitrogen and oxygen atoms in total. The van der Waals surface area contributed by atoms with Gasteiger partial charge in [-0.2, -0.15) is 13.2 Å². The van der Waals surface area contributed by atoms with E-state index in [1.54, 1.807) is 0 Å². The van der Waals surface area contributed by atoms with E-state index in [0.29, 0.717) is 0 Å². The van der Waals surface area contributed by atoms with Crippen LogP contribution in [0.3, 0.4) is 0 Å². The Morgan fingerprint density at radius 2 is 1.95 bits per heavy atom. The average molecular weight is 294 g/mol. The molecule has 1 amide bonds. The Hall–Kier alpha value is -2.32. The van der Waals surface area contributed by atoms with Crippen molar-refractivity contribution in [3.63, 3.8) is 0 Å². The summed E-state index contributed by atoms with van der Waals surface area (Å²) in [5.41, 5.74) is 4.97. The molecule has 0 radical (unpaired) electrons. The number of halogens is 4. The molecule has 20 heavy (non-hydrogen) atoms. The van der Waals surface area contributed by atoms with Gasteiger partial charge in [-0.25, -0.2) is 9.18 Å². The number of hydrogen-bond donors (Lipinski definition) is 2. The van der Waals surface area contributed by atoms with Crippen LogP contribution in [0.2, 0.25) is 0 Å². The lowest BCUT2D eigenvalue weighted by molar-refractivity contribution is -0.140. The summed E-state index contributed by atoms with van der Waals surface area (Å²) in [5, 5.41) is 1.52. The molecule has 3 N–H and O–H groups in total. The maximum absolute atomic E-state index is 12.7. The van der Waals surface area contributed by atoms with Gasteiger partial charge in [-0.05, 0) is 18.2 Å². The number of hydrogen-bond acceptors (Lipinski definition) is 4. The summed E-state index contributed by atoms with van der Waals surface area (Å²) >= 11 is 0. The molecule has 0 unspecified atom stereocenters. The Balaban J connectivity index is 2.49. The van der Waals surface area contributed by atoms with Gasteiger partial charge in [0, 0.05) is 5.69 Å². The minimum absolute atomic E-state index is 0.185. The smallest absolute Gasteiger partial charge is 0.405 e. The molecule has 0 aliphatic rings. The molecule has 1 aromatic carbocycles. The van der Waals surface area contributed by atoms with Crippen LogP contribution in [0.15, 0.2) is 18.2 Å². The van der Waals surface area contributed by atoms with E-state index >= 15 is 0 Å². The Labute approximate surface area is 110 Å². The first kappa shape index (κ1) is 15.7. The average Bonchev–Trinajstić information content (AvgIpc) is 2.32. The Morgan fingerprint density at radius 3 is 2.50 bits per heavy atom. The molecule has 1 aromatic rings. The lowest BCUT2D eigenvalue weighted by Crippen LogP contribution is -2.36. The highest BCUT2D eigenvalue weighted by Gasteiger charge is 2.27. The second-order valence-electron chi connectivity index (χ2n) is 3.70. The van der Waals surface area contributed by atoms with Gasteiger partial charge in [0.25, 0.3) is 5.91 Å². The fourth-order valence-corrected chi connectivity index (χ4v) is 1.18. The standard InChI is InChI=1S/C11H10F4N2O3/c12-6-1-2-7(8(16)3-6)10(19)20-4-9(18)17-5-11(13,14)15/h1-3H,4-5,16H2,(H,17,18). The maximum atomic E-state index is 12.7. The number of nitrogens with one attached hydrogen (secondary N) is 1. The number of carbonyl (C=O) groups excluding carboxylic acids is 2. The summed E-state index contributed by atoms with van der Waals surface area (Å²) in [7, 11) is 0. The first-order valence-corrected chi connectivity index (χ1v) is 5.24. The van der Waals surface area contributed by atoms with Crippen molar-refractivity contribution in [2.45, 2.75) is 6.18 Å². The van der Waals surface area contributed by atoms with E-state index in [1.165, 1.54) is 5.32 Å². The van der Waals surface area contributed by atoms with E-state index in [0.717, 1.165) is 18.2 Å². The highest BCUT2D eigenvalue weighted by molar-refractivity contribution is 5.96. The zero-order valence-electron chi connectivity index (χ0n) is 9.96. The topological polar surface area (TPSA) is 81.4 Å². The third-order valence-electron chi connectivity index (χ3n) is 2.05. The van der Waals surface area contributed by atoms with E-state index < -0.39 is 37.0 Å². The second kappa shape index (κ2) is 6.22. The molecular formula is C11H10F4N2O3. The number of carbonyl (C=O) groups is 2. The Kier molecular flexibility index (Phi) is 4.89. The van der Waals surface area contributed by atoms with Crippen molar-refractivity contribution < 1.29 is 31.9 Å². The highest BCUT2D eigenvalue weighted by atomic mass is 19.4. The van der Waals surface area contributed by atoms with Crippen LogP contribution in [0, 0.1) is 5.82 Å². The number of rotatable bonds is 4. The van der Waals surface area contributed by atoms with Gasteiger partial charge in [-0.3, -0.25) is 4.79 Å². The lowest BCUT2D eigenvalue weighted by atomic mass is 10.2. The predicted molar refractivity (Wildman–Crippen MR) is 60.2 cm³/mol. The van der Waals surface area contributed by atoms with Gasteiger partial charge in [0.15, 0.2) is 6.61 Å². The van der Waals surface area contributed by atoms with Crippen LogP contribution < -0.4 is 11.1 Å². The third-order valence-corrected chi connectivity index (χ3v) is 2.05. The Bertz CT molecular complexity index is 517. The number of anilines is 1. The van der Waals surface area contributed by atoms with Gasteiger partial charge < -0.3 is 15.8 Å². The predicted octanol–water partition coefficient (Wildman–Crippen LogP) is 1.24. The molecule has 110 valence electrons. The van der Waals surface area contributed by atoms with Crippen molar-refractivity contribution in [2.24, 2.45) is 0 Å². The Morgan fingerprint density at radius 1 is 1.30 bits per heavy atom. The van der Waals surface area contributed by atoms with Crippen LogP contribution in [0.4, 0.5) is 23.2 Å².